The van der Waals surface area contributed by atoms with Crippen LogP contribution in [0.15, 0.2) is 22.7 Å². The van der Waals surface area contributed by atoms with E-state index in [1.807, 2.05) is 38.8 Å². The Morgan fingerprint density at radius 3 is 2.62 bits per heavy atom. The van der Waals surface area contributed by atoms with Gasteiger partial charge in [-0.2, -0.15) is 4.98 Å². The first kappa shape index (κ1) is 17.9. The molecule has 0 amide bonds. The van der Waals surface area contributed by atoms with Crippen LogP contribution in [-0.2, 0) is 6.54 Å². The Labute approximate surface area is 140 Å². The second-order valence-electron chi connectivity index (χ2n) is 6.00. The molecule has 24 heavy (non-hydrogen) atoms. The fourth-order valence-corrected chi connectivity index (χ4v) is 2.24. The second kappa shape index (κ2) is 7.39. The van der Waals surface area contributed by atoms with Crippen molar-refractivity contribution in [2.45, 2.75) is 39.3 Å². The molecule has 0 saturated carbocycles. The van der Waals surface area contributed by atoms with Gasteiger partial charge in [0.25, 0.3) is 0 Å². The smallest absolute Gasteiger partial charge is 0.311 e. The van der Waals surface area contributed by atoms with Gasteiger partial charge in [-0.25, -0.2) is 0 Å². The third kappa shape index (κ3) is 3.88. The number of nitrogens with zero attached hydrogens (tertiary/aromatic N) is 4. The van der Waals surface area contributed by atoms with Crippen molar-refractivity contribution in [3.8, 4) is 5.75 Å². The van der Waals surface area contributed by atoms with Gasteiger partial charge in [0.15, 0.2) is 11.6 Å². The van der Waals surface area contributed by atoms with Crippen molar-refractivity contribution in [2.75, 3.05) is 14.2 Å². The molecule has 0 aliphatic heterocycles. The van der Waals surface area contributed by atoms with Crippen molar-refractivity contribution in [1.82, 2.24) is 15.0 Å². The number of ether oxygens (including phenoxy) is 1. The summed E-state index contributed by atoms with van der Waals surface area (Å²) in [6, 6.07) is 4.83. The van der Waals surface area contributed by atoms with Crippen molar-refractivity contribution >= 4 is 5.69 Å². The summed E-state index contributed by atoms with van der Waals surface area (Å²) in [7, 11) is 3.32. The first-order chi connectivity index (χ1) is 11.3. The molecule has 0 saturated heterocycles. The summed E-state index contributed by atoms with van der Waals surface area (Å²) >= 11 is 0. The Morgan fingerprint density at radius 2 is 2.08 bits per heavy atom. The van der Waals surface area contributed by atoms with Crippen LogP contribution in [0, 0.1) is 10.1 Å². The van der Waals surface area contributed by atoms with Gasteiger partial charge in [0.1, 0.15) is 0 Å². The molecule has 130 valence electrons. The maximum Gasteiger partial charge on any atom is 0.311 e. The maximum atomic E-state index is 11.1. The number of methoxy groups -OCH3 is 1. The first-order valence-corrected chi connectivity index (χ1v) is 7.68. The van der Waals surface area contributed by atoms with Crippen LogP contribution in [0.3, 0.4) is 0 Å². The Balaban J connectivity index is 2.14. The summed E-state index contributed by atoms with van der Waals surface area (Å²) in [4.78, 5) is 17.1. The van der Waals surface area contributed by atoms with Gasteiger partial charge >= 0.3 is 5.69 Å². The molecule has 1 atom stereocenters. The van der Waals surface area contributed by atoms with Crippen LogP contribution in [0.1, 0.15) is 50.0 Å². The van der Waals surface area contributed by atoms with Gasteiger partial charge in [0.2, 0.25) is 5.89 Å². The predicted octanol–water partition coefficient (Wildman–Crippen LogP) is 3.30. The van der Waals surface area contributed by atoms with Crippen molar-refractivity contribution in [3.63, 3.8) is 0 Å². The van der Waals surface area contributed by atoms with Crippen molar-refractivity contribution < 1.29 is 14.2 Å². The average Bonchev–Trinajstić information content (AvgIpc) is 3.04. The van der Waals surface area contributed by atoms with E-state index in [0.717, 1.165) is 5.56 Å². The van der Waals surface area contributed by atoms with E-state index >= 15 is 0 Å². The number of nitro groups is 1. The summed E-state index contributed by atoms with van der Waals surface area (Å²) in [5.74, 6) is 1.65. The molecule has 2 aromatic rings. The van der Waals surface area contributed by atoms with Crippen LogP contribution in [0.5, 0.6) is 5.75 Å². The lowest BCUT2D eigenvalue weighted by Crippen LogP contribution is -2.22. The van der Waals surface area contributed by atoms with Crippen molar-refractivity contribution in [2.24, 2.45) is 0 Å². The SMILES string of the molecule is COc1ccc(CN(C)C(C)c2nc(C(C)C)no2)cc1[N+](=O)[O-]. The number of hydrogen-bond acceptors (Lipinski definition) is 7. The fourth-order valence-electron chi connectivity index (χ4n) is 2.24. The van der Waals surface area contributed by atoms with Gasteiger partial charge < -0.3 is 9.26 Å². The molecule has 0 N–H and O–H groups in total. The molecule has 0 bridgehead atoms. The van der Waals surface area contributed by atoms with E-state index < -0.39 is 4.92 Å². The lowest BCUT2D eigenvalue weighted by atomic mass is 10.1. The number of hydrogen-bond donors (Lipinski definition) is 0. The summed E-state index contributed by atoms with van der Waals surface area (Å²) in [6.07, 6.45) is 0. The average molecular weight is 334 g/mol. The van der Waals surface area contributed by atoms with Gasteiger partial charge in [-0.05, 0) is 25.6 Å². The number of rotatable bonds is 7. The molecule has 0 fully saturated rings. The van der Waals surface area contributed by atoms with Crippen LogP contribution < -0.4 is 4.74 Å². The molecule has 8 heteroatoms. The monoisotopic (exact) mass is 334 g/mol. The molecule has 8 nitrogen and oxygen atoms in total. The lowest BCUT2D eigenvalue weighted by molar-refractivity contribution is -0.385. The van der Waals surface area contributed by atoms with E-state index in [1.165, 1.54) is 13.2 Å². The Bertz CT molecular complexity index is 714. The topological polar surface area (TPSA) is 94.5 Å². The lowest BCUT2D eigenvalue weighted by Gasteiger charge is -2.21. The van der Waals surface area contributed by atoms with E-state index in [9.17, 15) is 10.1 Å². The minimum atomic E-state index is -0.446. The molecule has 0 spiro atoms. The van der Waals surface area contributed by atoms with Crippen LogP contribution in [-0.4, -0.2) is 34.1 Å². The Hall–Kier alpha value is -2.48. The minimum Gasteiger partial charge on any atom is -0.490 e. The third-order valence-electron chi connectivity index (χ3n) is 3.86. The van der Waals surface area contributed by atoms with Crippen LogP contribution >= 0.6 is 0 Å². The number of nitro benzene ring substituents is 1. The Morgan fingerprint density at radius 1 is 1.38 bits per heavy atom. The maximum absolute atomic E-state index is 11.1. The minimum absolute atomic E-state index is 0.0454. The summed E-state index contributed by atoms with van der Waals surface area (Å²) < 4.78 is 10.3. The highest BCUT2D eigenvalue weighted by Gasteiger charge is 2.21. The highest BCUT2D eigenvalue weighted by Crippen LogP contribution is 2.29. The molecule has 0 radical (unpaired) electrons. The van der Waals surface area contributed by atoms with Crippen molar-refractivity contribution in [3.05, 3.63) is 45.6 Å². The second-order valence-corrected chi connectivity index (χ2v) is 6.00. The zero-order valence-corrected chi connectivity index (χ0v) is 14.5. The molecule has 2 rings (SSSR count). The highest BCUT2D eigenvalue weighted by atomic mass is 16.6. The largest absolute Gasteiger partial charge is 0.490 e. The third-order valence-corrected chi connectivity index (χ3v) is 3.86. The summed E-state index contributed by atoms with van der Waals surface area (Å²) in [5.41, 5.74) is 0.761. The van der Waals surface area contributed by atoms with E-state index in [-0.39, 0.29) is 23.4 Å². The molecule has 1 unspecified atom stereocenters. The van der Waals surface area contributed by atoms with Crippen molar-refractivity contribution in [1.29, 1.82) is 0 Å². The summed E-state index contributed by atoms with van der Waals surface area (Å²) in [5, 5.41) is 15.1. The highest BCUT2D eigenvalue weighted by molar-refractivity contribution is 5.48. The van der Waals surface area contributed by atoms with Gasteiger partial charge in [0.05, 0.1) is 18.1 Å². The van der Waals surface area contributed by atoms with Gasteiger partial charge in [-0.15, -0.1) is 0 Å². The fraction of sp³-hybridized carbons (Fsp3) is 0.500. The van der Waals surface area contributed by atoms with Crippen LogP contribution in [0.25, 0.3) is 0 Å². The molecular formula is C16H22N4O4. The number of aromatic nitrogens is 2. The molecule has 1 aromatic carbocycles. The van der Waals surface area contributed by atoms with Gasteiger partial charge in [-0.1, -0.05) is 25.1 Å². The zero-order chi connectivity index (χ0) is 17.9. The van der Waals surface area contributed by atoms with E-state index in [2.05, 4.69) is 10.1 Å². The molecule has 1 heterocycles. The molecule has 1 aromatic heterocycles. The van der Waals surface area contributed by atoms with E-state index in [1.54, 1.807) is 6.07 Å². The summed E-state index contributed by atoms with van der Waals surface area (Å²) in [6.45, 7) is 6.46. The van der Waals surface area contributed by atoms with Crippen LogP contribution in [0.2, 0.25) is 0 Å². The standard InChI is InChI=1S/C16H22N4O4/c1-10(2)15-17-16(24-18-15)11(3)19(4)9-12-6-7-14(23-5)13(8-12)20(21)22/h6-8,10-11H,9H2,1-5H3. The Kier molecular flexibility index (Phi) is 5.50. The molecular weight excluding hydrogens is 312 g/mol. The van der Waals surface area contributed by atoms with Crippen LogP contribution in [0.4, 0.5) is 5.69 Å². The van der Waals surface area contributed by atoms with E-state index in [0.29, 0.717) is 18.3 Å². The molecule has 0 aliphatic rings. The predicted molar refractivity (Wildman–Crippen MR) is 87.9 cm³/mol. The van der Waals surface area contributed by atoms with Gasteiger partial charge in [-0.3, -0.25) is 15.0 Å². The quantitative estimate of drug-likeness (QED) is 0.566. The zero-order valence-electron chi connectivity index (χ0n) is 14.5. The first-order valence-electron chi connectivity index (χ1n) is 7.68. The molecule has 0 aliphatic carbocycles. The van der Waals surface area contributed by atoms with E-state index in [4.69, 9.17) is 9.26 Å². The number of benzene rings is 1. The normalized spacial score (nSPS) is 12.6. The van der Waals surface area contributed by atoms with Gasteiger partial charge in [0, 0.05) is 18.5 Å².